The van der Waals surface area contributed by atoms with Gasteiger partial charge in [0.05, 0.1) is 17.1 Å². The Bertz CT molecular complexity index is 1050. The van der Waals surface area contributed by atoms with E-state index in [0.717, 1.165) is 72.0 Å². The molecule has 0 amide bonds. The van der Waals surface area contributed by atoms with Gasteiger partial charge < -0.3 is 4.84 Å². The Kier molecular flexibility index (Phi) is 6.17. The lowest BCUT2D eigenvalue weighted by molar-refractivity contribution is 0.141. The van der Waals surface area contributed by atoms with Gasteiger partial charge in [-0.15, -0.1) is 0 Å². The molecule has 0 spiro atoms. The Morgan fingerprint density at radius 3 is 2.67 bits per heavy atom. The van der Waals surface area contributed by atoms with Gasteiger partial charge in [-0.05, 0) is 94.3 Å². The van der Waals surface area contributed by atoms with Crippen LogP contribution in [0.4, 0.5) is 0 Å². The van der Waals surface area contributed by atoms with Crippen LogP contribution >= 0.6 is 0 Å². The van der Waals surface area contributed by atoms with E-state index in [9.17, 15) is 0 Å². The number of pyridine rings is 3. The molecule has 5 heteroatoms. The molecule has 0 bridgehead atoms. The zero-order valence-corrected chi connectivity index (χ0v) is 18.0. The highest BCUT2D eigenvalue weighted by molar-refractivity contribution is 6.00. The lowest BCUT2D eigenvalue weighted by atomic mass is 9.94. The normalized spacial score (nSPS) is 14.6. The van der Waals surface area contributed by atoms with Crippen molar-refractivity contribution in [1.29, 1.82) is 0 Å². The molecule has 1 aliphatic rings. The first kappa shape index (κ1) is 20.2. The van der Waals surface area contributed by atoms with Gasteiger partial charge in [0.15, 0.2) is 0 Å². The first-order chi connectivity index (χ1) is 14.6. The van der Waals surface area contributed by atoms with Crippen molar-refractivity contribution in [3.8, 4) is 11.4 Å². The van der Waals surface area contributed by atoms with Crippen LogP contribution in [-0.4, -0.2) is 27.3 Å². The summed E-state index contributed by atoms with van der Waals surface area (Å²) in [6.07, 6.45) is 4.80. The third kappa shape index (κ3) is 4.90. The van der Waals surface area contributed by atoms with Crippen molar-refractivity contribution in [3.63, 3.8) is 0 Å². The number of oxime groups is 1. The van der Waals surface area contributed by atoms with E-state index in [4.69, 9.17) is 9.82 Å². The fourth-order valence-corrected chi connectivity index (χ4v) is 3.87. The molecule has 154 valence electrons. The van der Waals surface area contributed by atoms with Crippen molar-refractivity contribution in [2.24, 2.45) is 5.16 Å². The smallest absolute Gasteiger partial charge is 0.117 e. The van der Waals surface area contributed by atoms with Crippen LogP contribution in [0.1, 0.15) is 53.2 Å². The third-order valence-corrected chi connectivity index (χ3v) is 5.26. The molecule has 0 fully saturated rings. The number of hydrogen-bond acceptors (Lipinski definition) is 5. The van der Waals surface area contributed by atoms with E-state index in [1.165, 1.54) is 11.1 Å². The first-order valence-electron chi connectivity index (χ1n) is 10.7. The minimum Gasteiger partial charge on any atom is -0.396 e. The van der Waals surface area contributed by atoms with Gasteiger partial charge in [-0.1, -0.05) is 17.3 Å². The average Bonchev–Trinajstić information content (AvgIpc) is 2.73. The summed E-state index contributed by atoms with van der Waals surface area (Å²) >= 11 is 0. The summed E-state index contributed by atoms with van der Waals surface area (Å²) in [6, 6.07) is 14.5. The quantitative estimate of drug-likeness (QED) is 0.424. The number of nitrogens with zero attached hydrogens (tertiary/aromatic N) is 4. The van der Waals surface area contributed by atoms with Crippen molar-refractivity contribution in [1.82, 2.24) is 15.0 Å². The Hall–Kier alpha value is -3.08. The summed E-state index contributed by atoms with van der Waals surface area (Å²) in [6.45, 7) is 6.68. The van der Waals surface area contributed by atoms with E-state index in [1.54, 1.807) is 0 Å². The number of hydrogen-bond donors (Lipinski definition) is 0. The van der Waals surface area contributed by atoms with Gasteiger partial charge in [-0.25, -0.2) is 0 Å². The predicted octanol–water partition coefficient (Wildman–Crippen LogP) is 5.15. The molecule has 0 saturated heterocycles. The summed E-state index contributed by atoms with van der Waals surface area (Å²) in [4.78, 5) is 19.7. The Morgan fingerprint density at radius 2 is 1.80 bits per heavy atom. The summed E-state index contributed by atoms with van der Waals surface area (Å²) in [5.74, 6) is 0. The highest BCUT2D eigenvalue weighted by atomic mass is 16.6. The van der Waals surface area contributed by atoms with E-state index < -0.39 is 0 Å². The highest BCUT2D eigenvalue weighted by Gasteiger charge is 2.17. The van der Waals surface area contributed by atoms with Gasteiger partial charge in [-0.3, -0.25) is 15.0 Å². The minimum atomic E-state index is 0.568. The van der Waals surface area contributed by atoms with Crippen molar-refractivity contribution in [2.45, 2.75) is 52.9 Å². The molecule has 0 radical (unpaired) electrons. The van der Waals surface area contributed by atoms with Crippen molar-refractivity contribution in [3.05, 3.63) is 76.4 Å². The molecule has 0 atom stereocenters. The number of fused-ring (bicyclic) bond motifs is 1. The topological polar surface area (TPSA) is 60.3 Å². The van der Waals surface area contributed by atoms with E-state index in [0.29, 0.717) is 6.61 Å². The number of aromatic nitrogens is 3. The van der Waals surface area contributed by atoms with Crippen LogP contribution in [0, 0.1) is 20.8 Å². The van der Waals surface area contributed by atoms with Gasteiger partial charge in [-0.2, -0.15) is 0 Å². The van der Waals surface area contributed by atoms with Gasteiger partial charge >= 0.3 is 0 Å². The fraction of sp³-hybridized carbons (Fsp3) is 0.360. The van der Waals surface area contributed by atoms with Crippen LogP contribution in [0.15, 0.2) is 47.6 Å². The lowest BCUT2D eigenvalue weighted by Crippen LogP contribution is -2.15. The van der Waals surface area contributed by atoms with Crippen LogP contribution < -0.4 is 0 Å². The predicted molar refractivity (Wildman–Crippen MR) is 120 cm³/mol. The summed E-state index contributed by atoms with van der Waals surface area (Å²) < 4.78 is 0. The van der Waals surface area contributed by atoms with E-state index in [-0.39, 0.29) is 0 Å². The van der Waals surface area contributed by atoms with E-state index in [1.807, 2.05) is 26.0 Å². The minimum absolute atomic E-state index is 0.568. The van der Waals surface area contributed by atoms with E-state index in [2.05, 4.69) is 52.4 Å². The fourth-order valence-electron chi connectivity index (χ4n) is 3.87. The van der Waals surface area contributed by atoms with Crippen LogP contribution in [0.2, 0.25) is 0 Å². The van der Waals surface area contributed by atoms with Gasteiger partial charge in [0, 0.05) is 17.1 Å². The molecule has 3 aromatic rings. The third-order valence-electron chi connectivity index (χ3n) is 5.26. The second-order valence-electron chi connectivity index (χ2n) is 7.97. The Balaban J connectivity index is 1.35. The van der Waals surface area contributed by atoms with Crippen molar-refractivity contribution >= 4 is 5.71 Å². The molecule has 0 aliphatic heterocycles. The monoisotopic (exact) mass is 400 g/mol. The summed E-state index contributed by atoms with van der Waals surface area (Å²) in [7, 11) is 0. The zero-order valence-electron chi connectivity index (χ0n) is 18.0. The molecule has 3 aromatic heterocycles. The maximum Gasteiger partial charge on any atom is 0.117 e. The lowest BCUT2D eigenvalue weighted by Gasteiger charge is -2.16. The number of rotatable bonds is 6. The van der Waals surface area contributed by atoms with Gasteiger partial charge in [0.2, 0.25) is 0 Å². The molecule has 0 unspecified atom stereocenters. The summed E-state index contributed by atoms with van der Waals surface area (Å²) in [5.41, 5.74) is 9.38. The van der Waals surface area contributed by atoms with E-state index >= 15 is 0 Å². The molecular formula is C25H28N4O. The molecule has 4 rings (SSSR count). The van der Waals surface area contributed by atoms with Gasteiger partial charge in [0.1, 0.15) is 12.3 Å². The van der Waals surface area contributed by atoms with Crippen LogP contribution in [0.3, 0.4) is 0 Å². The second-order valence-corrected chi connectivity index (χ2v) is 7.97. The van der Waals surface area contributed by atoms with Gasteiger partial charge in [0.25, 0.3) is 0 Å². The molecule has 0 aromatic carbocycles. The van der Waals surface area contributed by atoms with Crippen molar-refractivity contribution in [2.75, 3.05) is 6.61 Å². The Morgan fingerprint density at radius 1 is 0.900 bits per heavy atom. The zero-order chi connectivity index (χ0) is 20.9. The maximum absolute atomic E-state index is 5.65. The molecule has 5 nitrogen and oxygen atoms in total. The average molecular weight is 401 g/mol. The molecule has 30 heavy (non-hydrogen) atoms. The van der Waals surface area contributed by atoms with Crippen molar-refractivity contribution < 1.29 is 4.84 Å². The standard InChI is InChI=1S/C25H28N4O/c1-17-15-19(3)26-24(16-17)22-10-5-8-21(28-22)9-6-14-30-29-23-11-4-7-20-13-12-18(2)27-25(20)23/h5,8,10,12-13,15-16H,4,6-7,9,11,14H2,1-3H3. The maximum atomic E-state index is 5.65. The second kappa shape index (κ2) is 9.16. The number of aryl methyl sites for hydroxylation is 5. The van der Waals surface area contributed by atoms with Crippen LogP contribution in [0.25, 0.3) is 11.4 Å². The van der Waals surface area contributed by atoms with Crippen LogP contribution in [-0.2, 0) is 17.7 Å². The molecule has 3 heterocycles. The molecule has 1 aliphatic carbocycles. The summed E-state index contributed by atoms with van der Waals surface area (Å²) in [5, 5.41) is 4.41. The molecule has 0 N–H and O–H groups in total. The SMILES string of the molecule is Cc1cc(C)nc(-c2cccc(CCCON=C3CCCc4ccc(C)nc43)n2)c1. The molecule has 0 saturated carbocycles. The molecular weight excluding hydrogens is 372 g/mol. The Labute approximate surface area is 178 Å². The van der Waals surface area contributed by atoms with Crippen LogP contribution in [0.5, 0.6) is 0 Å². The largest absolute Gasteiger partial charge is 0.396 e. The highest BCUT2D eigenvalue weighted by Crippen LogP contribution is 2.21. The first-order valence-corrected chi connectivity index (χ1v) is 10.7.